The molecule has 0 aliphatic heterocycles. The van der Waals surface area contributed by atoms with Gasteiger partial charge < -0.3 is 11.1 Å². The molecule has 1 fully saturated rings. The quantitative estimate of drug-likeness (QED) is 0.830. The largest absolute Gasteiger partial charge is 0.389 e. The van der Waals surface area contributed by atoms with E-state index in [-0.39, 0.29) is 22.3 Å². The fraction of sp³-hybridized carbons (Fsp3) is 0.500. The average Bonchev–Trinajstić information content (AvgIpc) is 2.86. The van der Waals surface area contributed by atoms with Crippen LogP contribution in [0.1, 0.15) is 38.2 Å². The summed E-state index contributed by atoms with van der Waals surface area (Å²) in [7, 11) is 0. The number of nitrogens with two attached hydrogens (primary N) is 1. The van der Waals surface area contributed by atoms with Gasteiger partial charge in [0.15, 0.2) is 0 Å². The highest BCUT2D eigenvalue weighted by atomic mass is 32.1. The second-order valence-electron chi connectivity index (χ2n) is 5.16. The van der Waals surface area contributed by atoms with E-state index in [1.165, 1.54) is 25.0 Å². The summed E-state index contributed by atoms with van der Waals surface area (Å²) in [5.41, 5.74) is 5.51. The first kappa shape index (κ1) is 14.2. The number of anilines is 1. The molecule has 0 spiro atoms. The van der Waals surface area contributed by atoms with E-state index in [9.17, 15) is 8.78 Å². The molecule has 1 aromatic rings. The van der Waals surface area contributed by atoms with Crippen LogP contribution in [0.4, 0.5) is 14.5 Å². The maximum Gasteiger partial charge on any atom is 0.150 e. The lowest BCUT2D eigenvalue weighted by molar-refractivity contribution is 0.475. The number of hydrogen-bond donors (Lipinski definition) is 2. The molecule has 1 atom stereocenters. The Morgan fingerprint density at radius 1 is 1.32 bits per heavy atom. The molecule has 1 aliphatic carbocycles. The zero-order valence-corrected chi connectivity index (χ0v) is 11.7. The van der Waals surface area contributed by atoms with Crippen LogP contribution < -0.4 is 11.1 Å². The molecule has 0 bridgehead atoms. The highest BCUT2D eigenvalue weighted by Gasteiger charge is 2.23. The van der Waals surface area contributed by atoms with Crippen molar-refractivity contribution in [3.8, 4) is 0 Å². The van der Waals surface area contributed by atoms with Gasteiger partial charge in [0, 0.05) is 11.6 Å². The Morgan fingerprint density at radius 3 is 2.32 bits per heavy atom. The number of benzene rings is 1. The van der Waals surface area contributed by atoms with Gasteiger partial charge in [0.2, 0.25) is 0 Å². The fourth-order valence-electron chi connectivity index (χ4n) is 2.66. The lowest BCUT2D eigenvalue weighted by Gasteiger charge is -2.22. The van der Waals surface area contributed by atoms with Crippen molar-refractivity contribution in [3.05, 3.63) is 29.3 Å². The van der Waals surface area contributed by atoms with Gasteiger partial charge in [-0.2, -0.15) is 0 Å². The van der Waals surface area contributed by atoms with Crippen LogP contribution in [0, 0.1) is 17.6 Å². The molecule has 1 aliphatic rings. The van der Waals surface area contributed by atoms with Gasteiger partial charge in [-0.1, -0.05) is 25.1 Å². The van der Waals surface area contributed by atoms with Gasteiger partial charge in [0.05, 0.1) is 0 Å². The first-order chi connectivity index (χ1) is 8.99. The summed E-state index contributed by atoms with van der Waals surface area (Å²) in [6.45, 7) is 1.97. The van der Waals surface area contributed by atoms with Crippen LogP contribution in [0.5, 0.6) is 0 Å². The highest BCUT2D eigenvalue weighted by Crippen LogP contribution is 2.30. The number of hydrogen-bond acceptors (Lipinski definition) is 2. The van der Waals surface area contributed by atoms with Gasteiger partial charge in [-0.05, 0) is 37.8 Å². The average molecular weight is 284 g/mol. The Bertz CT molecular complexity index is 461. The molecular weight excluding hydrogens is 266 g/mol. The third-order valence-corrected chi connectivity index (χ3v) is 4.04. The van der Waals surface area contributed by atoms with Crippen molar-refractivity contribution < 1.29 is 8.78 Å². The molecule has 5 heteroatoms. The number of nitrogens with one attached hydrogen (secondary N) is 1. The van der Waals surface area contributed by atoms with Crippen molar-refractivity contribution >= 4 is 22.9 Å². The second kappa shape index (κ2) is 5.82. The summed E-state index contributed by atoms with van der Waals surface area (Å²) in [5, 5.41) is 2.95. The standard InChI is InChI=1S/C14H18F2N2S/c1-8(9-4-2-3-5-9)18-13-11(15)6-10(14(17)19)7-12(13)16/h6-9,18H,2-5H2,1H3,(H2,17,19). The monoisotopic (exact) mass is 284 g/mol. The summed E-state index contributed by atoms with van der Waals surface area (Å²) in [6, 6.07) is 2.41. The number of thiocarbonyl (C=S) groups is 1. The van der Waals surface area contributed by atoms with E-state index in [1.807, 2.05) is 6.92 Å². The third kappa shape index (κ3) is 3.21. The normalized spacial score (nSPS) is 17.4. The zero-order chi connectivity index (χ0) is 14.0. The van der Waals surface area contributed by atoms with Crippen molar-refractivity contribution in [2.45, 2.75) is 38.6 Å². The summed E-state index contributed by atoms with van der Waals surface area (Å²) in [5.74, 6) is -0.811. The van der Waals surface area contributed by atoms with Crippen LogP contribution in [0.3, 0.4) is 0 Å². The van der Waals surface area contributed by atoms with E-state index in [4.69, 9.17) is 18.0 Å². The maximum absolute atomic E-state index is 13.9. The van der Waals surface area contributed by atoms with E-state index in [0.29, 0.717) is 5.92 Å². The van der Waals surface area contributed by atoms with E-state index < -0.39 is 11.6 Å². The molecule has 0 radical (unpaired) electrons. The van der Waals surface area contributed by atoms with Gasteiger partial charge in [-0.3, -0.25) is 0 Å². The first-order valence-corrected chi connectivity index (χ1v) is 6.95. The molecule has 1 aromatic carbocycles. The fourth-order valence-corrected chi connectivity index (χ4v) is 2.77. The smallest absolute Gasteiger partial charge is 0.150 e. The predicted octanol–water partition coefficient (Wildman–Crippen LogP) is 3.59. The third-order valence-electron chi connectivity index (χ3n) is 3.81. The van der Waals surface area contributed by atoms with Crippen molar-refractivity contribution in [1.29, 1.82) is 0 Å². The molecule has 104 valence electrons. The minimum atomic E-state index is -0.646. The van der Waals surface area contributed by atoms with E-state index >= 15 is 0 Å². The van der Waals surface area contributed by atoms with Crippen LogP contribution in [-0.4, -0.2) is 11.0 Å². The van der Waals surface area contributed by atoms with Crippen LogP contribution >= 0.6 is 12.2 Å². The second-order valence-corrected chi connectivity index (χ2v) is 5.60. The first-order valence-electron chi connectivity index (χ1n) is 6.54. The maximum atomic E-state index is 13.9. The topological polar surface area (TPSA) is 38.0 Å². The minimum absolute atomic E-state index is 0.00630. The van der Waals surface area contributed by atoms with E-state index in [2.05, 4.69) is 5.32 Å². The highest BCUT2D eigenvalue weighted by molar-refractivity contribution is 7.80. The molecular formula is C14H18F2N2S. The molecule has 3 N–H and O–H groups in total. The summed E-state index contributed by atoms with van der Waals surface area (Å²) >= 11 is 4.72. The summed E-state index contributed by atoms with van der Waals surface area (Å²) < 4.78 is 27.8. The Morgan fingerprint density at radius 2 is 1.84 bits per heavy atom. The van der Waals surface area contributed by atoms with Gasteiger partial charge in [-0.15, -0.1) is 0 Å². The SMILES string of the molecule is CC(Nc1c(F)cc(C(N)=S)cc1F)C1CCCC1. The van der Waals surface area contributed by atoms with Gasteiger partial charge in [-0.25, -0.2) is 8.78 Å². The molecule has 0 amide bonds. The molecule has 1 unspecified atom stereocenters. The molecule has 2 rings (SSSR count). The molecule has 2 nitrogen and oxygen atoms in total. The molecule has 0 heterocycles. The van der Waals surface area contributed by atoms with E-state index in [1.54, 1.807) is 0 Å². The van der Waals surface area contributed by atoms with Crippen LogP contribution in [0.25, 0.3) is 0 Å². The number of halogens is 2. The Hall–Kier alpha value is -1.23. The summed E-state index contributed by atoms with van der Waals surface area (Å²) in [4.78, 5) is -0.00630. The molecule has 0 saturated heterocycles. The van der Waals surface area contributed by atoms with Crippen LogP contribution in [0.15, 0.2) is 12.1 Å². The Labute approximate surface area is 117 Å². The van der Waals surface area contributed by atoms with Crippen molar-refractivity contribution in [2.75, 3.05) is 5.32 Å². The van der Waals surface area contributed by atoms with Crippen LogP contribution in [-0.2, 0) is 0 Å². The van der Waals surface area contributed by atoms with Crippen molar-refractivity contribution in [1.82, 2.24) is 0 Å². The number of rotatable bonds is 4. The van der Waals surface area contributed by atoms with Gasteiger partial charge in [0.1, 0.15) is 22.3 Å². The molecule has 0 aromatic heterocycles. The van der Waals surface area contributed by atoms with Crippen molar-refractivity contribution in [2.24, 2.45) is 11.7 Å². The predicted molar refractivity (Wildman–Crippen MR) is 77.3 cm³/mol. The lowest BCUT2D eigenvalue weighted by Crippen LogP contribution is -2.25. The van der Waals surface area contributed by atoms with E-state index in [0.717, 1.165) is 12.8 Å². The minimum Gasteiger partial charge on any atom is -0.389 e. The van der Waals surface area contributed by atoms with Gasteiger partial charge >= 0.3 is 0 Å². The molecule has 19 heavy (non-hydrogen) atoms. The van der Waals surface area contributed by atoms with Crippen LogP contribution in [0.2, 0.25) is 0 Å². The zero-order valence-electron chi connectivity index (χ0n) is 10.9. The molecule has 1 saturated carbocycles. The van der Waals surface area contributed by atoms with Gasteiger partial charge in [0.25, 0.3) is 0 Å². The summed E-state index contributed by atoms with van der Waals surface area (Å²) in [6.07, 6.45) is 4.62. The Balaban J connectivity index is 2.18. The van der Waals surface area contributed by atoms with Crippen molar-refractivity contribution in [3.63, 3.8) is 0 Å². The Kier molecular flexibility index (Phi) is 4.34. The lowest BCUT2D eigenvalue weighted by atomic mass is 9.99.